The van der Waals surface area contributed by atoms with Gasteiger partial charge in [-0.1, -0.05) is 12.8 Å². The third-order valence-electron chi connectivity index (χ3n) is 5.31. The van der Waals surface area contributed by atoms with E-state index in [1.54, 1.807) is 4.90 Å². The number of likely N-dealkylation sites (tertiary alicyclic amines) is 2. The van der Waals surface area contributed by atoms with Crippen molar-refractivity contribution >= 4 is 11.8 Å². The van der Waals surface area contributed by atoms with Gasteiger partial charge in [-0.25, -0.2) is 0 Å². The summed E-state index contributed by atoms with van der Waals surface area (Å²) in [4.78, 5) is 28.3. The molecule has 4 heteroatoms. The summed E-state index contributed by atoms with van der Waals surface area (Å²) >= 11 is 0. The molecular weight excluding hydrogens is 252 g/mol. The fourth-order valence-electron chi connectivity index (χ4n) is 4.22. The van der Waals surface area contributed by atoms with E-state index in [0.29, 0.717) is 19.0 Å². The molecule has 0 spiro atoms. The molecule has 20 heavy (non-hydrogen) atoms. The summed E-state index contributed by atoms with van der Waals surface area (Å²) < 4.78 is 0. The highest BCUT2D eigenvalue weighted by Crippen LogP contribution is 2.35. The Bertz CT molecular complexity index is 377. The summed E-state index contributed by atoms with van der Waals surface area (Å²) in [6.45, 7) is 2.00. The molecule has 2 heterocycles. The molecular formula is C16H26N2O2. The lowest BCUT2D eigenvalue weighted by Gasteiger charge is -2.33. The van der Waals surface area contributed by atoms with Crippen molar-refractivity contribution in [1.82, 2.24) is 9.80 Å². The minimum atomic E-state index is 0.168. The maximum Gasteiger partial charge on any atom is 0.242 e. The molecule has 112 valence electrons. The second-order valence-corrected chi connectivity index (χ2v) is 6.61. The normalized spacial score (nSPS) is 28.4. The van der Waals surface area contributed by atoms with Gasteiger partial charge in [0.1, 0.15) is 0 Å². The van der Waals surface area contributed by atoms with Crippen molar-refractivity contribution < 1.29 is 9.59 Å². The zero-order chi connectivity index (χ0) is 13.9. The zero-order valence-electron chi connectivity index (χ0n) is 12.4. The molecule has 3 fully saturated rings. The van der Waals surface area contributed by atoms with Crippen LogP contribution < -0.4 is 0 Å². The first-order chi connectivity index (χ1) is 9.75. The van der Waals surface area contributed by atoms with Crippen LogP contribution in [0.5, 0.6) is 0 Å². The van der Waals surface area contributed by atoms with Crippen LogP contribution >= 0.6 is 0 Å². The van der Waals surface area contributed by atoms with Crippen molar-refractivity contribution in [3.63, 3.8) is 0 Å². The lowest BCUT2D eigenvalue weighted by atomic mass is 9.96. The van der Waals surface area contributed by atoms with Gasteiger partial charge in [-0.05, 0) is 44.4 Å². The summed E-state index contributed by atoms with van der Waals surface area (Å²) in [5.74, 6) is 1.08. The molecule has 4 nitrogen and oxygen atoms in total. The Morgan fingerprint density at radius 2 is 1.80 bits per heavy atom. The van der Waals surface area contributed by atoms with Gasteiger partial charge in [0.25, 0.3) is 0 Å². The highest BCUT2D eigenvalue weighted by molar-refractivity contribution is 5.85. The Kier molecular flexibility index (Phi) is 4.27. The molecule has 0 N–H and O–H groups in total. The first-order valence-electron chi connectivity index (χ1n) is 8.33. The average molecular weight is 278 g/mol. The van der Waals surface area contributed by atoms with Gasteiger partial charge >= 0.3 is 0 Å². The number of hydrogen-bond donors (Lipinski definition) is 0. The first kappa shape index (κ1) is 13.9. The fraction of sp³-hybridized carbons (Fsp3) is 0.875. The van der Waals surface area contributed by atoms with Crippen molar-refractivity contribution in [1.29, 1.82) is 0 Å². The van der Waals surface area contributed by atoms with E-state index in [-0.39, 0.29) is 11.8 Å². The minimum Gasteiger partial charge on any atom is -0.338 e. The molecule has 1 saturated carbocycles. The Labute approximate surface area is 121 Å². The Morgan fingerprint density at radius 3 is 2.55 bits per heavy atom. The van der Waals surface area contributed by atoms with Crippen LogP contribution in [0.2, 0.25) is 0 Å². The van der Waals surface area contributed by atoms with E-state index < -0.39 is 0 Å². The fourth-order valence-corrected chi connectivity index (χ4v) is 4.22. The van der Waals surface area contributed by atoms with Gasteiger partial charge in [-0.2, -0.15) is 0 Å². The molecule has 0 radical (unpaired) electrons. The third kappa shape index (κ3) is 2.84. The molecule has 0 aromatic carbocycles. The highest BCUT2D eigenvalue weighted by Gasteiger charge is 2.36. The maximum atomic E-state index is 12.6. The van der Waals surface area contributed by atoms with E-state index in [1.807, 2.05) is 0 Å². The van der Waals surface area contributed by atoms with Gasteiger partial charge in [0.05, 0.1) is 6.54 Å². The number of hydrogen-bond acceptors (Lipinski definition) is 2. The van der Waals surface area contributed by atoms with Crippen LogP contribution in [-0.2, 0) is 9.59 Å². The largest absolute Gasteiger partial charge is 0.338 e. The van der Waals surface area contributed by atoms with Crippen LogP contribution in [0, 0.1) is 5.92 Å². The molecule has 0 bridgehead atoms. The number of carbonyl (C=O) groups excluding carboxylic acids is 2. The van der Waals surface area contributed by atoms with Crippen LogP contribution in [0.15, 0.2) is 0 Å². The monoisotopic (exact) mass is 278 g/mol. The predicted octanol–water partition coefficient (Wildman–Crippen LogP) is 2.18. The van der Waals surface area contributed by atoms with E-state index in [2.05, 4.69) is 4.90 Å². The van der Waals surface area contributed by atoms with Gasteiger partial charge in [0, 0.05) is 25.6 Å². The molecule has 0 aromatic heterocycles. The van der Waals surface area contributed by atoms with Gasteiger partial charge in [-0.15, -0.1) is 0 Å². The molecule has 2 amide bonds. The van der Waals surface area contributed by atoms with E-state index in [4.69, 9.17) is 0 Å². The lowest BCUT2D eigenvalue weighted by molar-refractivity contribution is -0.142. The number of rotatable bonds is 3. The average Bonchev–Trinajstić information content (AvgIpc) is 3.11. The number of nitrogens with zero attached hydrogens (tertiary/aromatic N) is 2. The molecule has 2 saturated heterocycles. The number of piperidine rings is 1. The summed E-state index contributed by atoms with van der Waals surface area (Å²) in [6, 6.07) is 0.463. The molecule has 0 aromatic rings. The van der Waals surface area contributed by atoms with Gasteiger partial charge in [0.15, 0.2) is 0 Å². The first-order valence-corrected chi connectivity index (χ1v) is 8.33. The highest BCUT2D eigenvalue weighted by atomic mass is 16.2. The Balaban J connectivity index is 1.59. The van der Waals surface area contributed by atoms with Crippen LogP contribution in [0.3, 0.4) is 0 Å². The van der Waals surface area contributed by atoms with E-state index in [0.717, 1.165) is 38.3 Å². The van der Waals surface area contributed by atoms with E-state index in [9.17, 15) is 9.59 Å². The number of carbonyl (C=O) groups is 2. The van der Waals surface area contributed by atoms with Gasteiger partial charge in [0.2, 0.25) is 11.8 Å². The van der Waals surface area contributed by atoms with Crippen molar-refractivity contribution in [3.05, 3.63) is 0 Å². The number of amides is 2. The molecule has 0 unspecified atom stereocenters. The predicted molar refractivity (Wildman–Crippen MR) is 77.1 cm³/mol. The van der Waals surface area contributed by atoms with Crippen LogP contribution in [0.4, 0.5) is 0 Å². The SMILES string of the molecule is O=C1CCCCN1CC(=O)N1CCC[C@H]1C1CCCC1. The van der Waals surface area contributed by atoms with Crippen LogP contribution in [0.25, 0.3) is 0 Å². The van der Waals surface area contributed by atoms with Crippen LogP contribution in [-0.4, -0.2) is 47.3 Å². The lowest BCUT2D eigenvalue weighted by Crippen LogP contribution is -2.47. The summed E-state index contributed by atoms with van der Waals surface area (Å²) in [7, 11) is 0. The van der Waals surface area contributed by atoms with Crippen molar-refractivity contribution in [2.75, 3.05) is 19.6 Å². The molecule has 2 aliphatic heterocycles. The van der Waals surface area contributed by atoms with Crippen LogP contribution in [0.1, 0.15) is 57.8 Å². The molecule has 3 aliphatic rings. The quantitative estimate of drug-likeness (QED) is 0.794. The molecule has 1 aliphatic carbocycles. The standard InChI is InChI=1S/C16H26N2O2/c19-15-9-3-4-10-17(15)12-16(20)18-11-5-8-14(18)13-6-1-2-7-13/h13-14H,1-12H2/t14-/m0/s1. The summed E-state index contributed by atoms with van der Waals surface area (Å²) in [5, 5.41) is 0. The van der Waals surface area contributed by atoms with E-state index >= 15 is 0 Å². The second-order valence-electron chi connectivity index (χ2n) is 6.61. The van der Waals surface area contributed by atoms with Gasteiger partial charge < -0.3 is 9.80 Å². The summed E-state index contributed by atoms with van der Waals surface area (Å²) in [6.07, 6.45) is 10.2. The topological polar surface area (TPSA) is 40.6 Å². The van der Waals surface area contributed by atoms with Gasteiger partial charge in [-0.3, -0.25) is 9.59 Å². The van der Waals surface area contributed by atoms with Crippen molar-refractivity contribution in [3.8, 4) is 0 Å². The zero-order valence-corrected chi connectivity index (χ0v) is 12.4. The summed E-state index contributed by atoms with van der Waals surface area (Å²) in [5.41, 5.74) is 0. The third-order valence-corrected chi connectivity index (χ3v) is 5.31. The Morgan fingerprint density at radius 1 is 1.00 bits per heavy atom. The molecule has 3 rings (SSSR count). The smallest absolute Gasteiger partial charge is 0.242 e. The van der Waals surface area contributed by atoms with E-state index in [1.165, 1.54) is 32.1 Å². The van der Waals surface area contributed by atoms with Crippen molar-refractivity contribution in [2.24, 2.45) is 5.92 Å². The minimum absolute atomic E-state index is 0.168. The molecule has 1 atom stereocenters. The van der Waals surface area contributed by atoms with Crippen molar-refractivity contribution in [2.45, 2.75) is 63.8 Å². The second kappa shape index (κ2) is 6.15. The Hall–Kier alpha value is -1.06. The maximum absolute atomic E-state index is 12.6.